The number of methoxy groups -OCH3 is 1. The molecular weight excluding hydrogens is 604 g/mol. The van der Waals surface area contributed by atoms with E-state index in [-0.39, 0.29) is 23.4 Å². The highest BCUT2D eigenvalue weighted by Crippen LogP contribution is 2.43. The summed E-state index contributed by atoms with van der Waals surface area (Å²) in [5.41, 5.74) is 11.6. The minimum atomic E-state index is -0.513. The van der Waals surface area contributed by atoms with Crippen molar-refractivity contribution in [3.63, 3.8) is 0 Å². The first-order chi connectivity index (χ1) is 23.2. The largest absolute Gasteiger partial charge is 0.497 e. The van der Waals surface area contributed by atoms with Gasteiger partial charge in [0.05, 0.1) is 31.1 Å². The van der Waals surface area contributed by atoms with E-state index in [9.17, 15) is 9.59 Å². The number of anilines is 2. The summed E-state index contributed by atoms with van der Waals surface area (Å²) in [5.74, 6) is 1.06. The number of nitrogens with two attached hydrogens (primary N) is 1. The van der Waals surface area contributed by atoms with E-state index < -0.39 is 5.41 Å². The molecule has 11 nitrogen and oxygen atoms in total. The van der Waals surface area contributed by atoms with Crippen LogP contribution in [0.1, 0.15) is 41.5 Å². The van der Waals surface area contributed by atoms with Gasteiger partial charge in [0.25, 0.3) is 0 Å². The van der Waals surface area contributed by atoms with E-state index >= 15 is 0 Å². The fraction of sp³-hybridized carbons (Fsp3) is 0.324. The first-order valence-electron chi connectivity index (χ1n) is 16.2. The summed E-state index contributed by atoms with van der Waals surface area (Å²) in [6.07, 6.45) is 5.81. The lowest BCUT2D eigenvalue weighted by Gasteiger charge is -2.29. The molecular formula is C37H42N8O3. The van der Waals surface area contributed by atoms with Crippen LogP contribution in [0.25, 0.3) is 5.57 Å². The second kappa shape index (κ2) is 13.8. The first-order valence-corrected chi connectivity index (χ1v) is 16.2. The van der Waals surface area contributed by atoms with Gasteiger partial charge in [-0.25, -0.2) is 4.99 Å². The number of aliphatic imine (C=N–C) groups is 1. The Balaban J connectivity index is 1.05. The third kappa shape index (κ3) is 6.59. The molecule has 1 spiro atoms. The maximum absolute atomic E-state index is 13.9. The second-order valence-corrected chi connectivity index (χ2v) is 12.6. The number of carbonyl (C=O) groups excluding carboxylic acids is 2. The molecule has 0 radical (unpaired) electrons. The fourth-order valence-corrected chi connectivity index (χ4v) is 6.88. The van der Waals surface area contributed by atoms with Crippen LogP contribution < -0.4 is 20.7 Å². The molecule has 5 N–H and O–H groups in total. The van der Waals surface area contributed by atoms with Gasteiger partial charge >= 0.3 is 0 Å². The number of amides is 2. The molecule has 0 bridgehead atoms. The van der Waals surface area contributed by atoms with Gasteiger partial charge in [0.1, 0.15) is 5.75 Å². The third-order valence-electron chi connectivity index (χ3n) is 9.71. The predicted octanol–water partition coefficient (Wildman–Crippen LogP) is 4.01. The van der Waals surface area contributed by atoms with Crippen LogP contribution in [0.3, 0.4) is 0 Å². The van der Waals surface area contributed by atoms with E-state index in [0.29, 0.717) is 61.8 Å². The van der Waals surface area contributed by atoms with E-state index in [1.54, 1.807) is 20.2 Å². The highest BCUT2D eigenvalue weighted by molar-refractivity contribution is 6.15. The Labute approximate surface area is 281 Å². The zero-order valence-electron chi connectivity index (χ0n) is 27.5. The van der Waals surface area contributed by atoms with E-state index in [0.717, 1.165) is 36.1 Å². The smallest absolute Gasteiger partial charge is 0.237 e. The van der Waals surface area contributed by atoms with E-state index in [4.69, 9.17) is 21.3 Å². The quantitative estimate of drug-likeness (QED) is 0.157. The molecule has 3 aromatic carbocycles. The number of nitrogen functional groups attached to an aromatic ring is 1. The standard InChI is InChI=1S/C37H42N8O3/c1-41-24-42-35(40)28-5-3-25(4-6-28)26-13-17-44(18-14-26)33(46)22-43-19-15-37(23-43)16-20-45(36(37)47)29-9-12-32(38)31(21-29)34(39)27-7-10-30(48-2)11-8-27/h3-13,21,24,39H,14-20,22-23,38H2,1-2H3,(H2,40,41,42)/t37-/m0/s1. The molecule has 3 heterocycles. The molecule has 1 atom stereocenters. The van der Waals surface area contributed by atoms with Crippen LogP contribution in [0.4, 0.5) is 11.4 Å². The van der Waals surface area contributed by atoms with E-state index in [1.807, 2.05) is 70.5 Å². The van der Waals surface area contributed by atoms with Crippen molar-refractivity contribution in [2.75, 3.05) is 64.1 Å². The molecule has 0 saturated carbocycles. The van der Waals surface area contributed by atoms with Crippen LogP contribution >= 0.6 is 0 Å². The highest BCUT2D eigenvalue weighted by Gasteiger charge is 2.51. The summed E-state index contributed by atoms with van der Waals surface area (Å²) in [4.78, 5) is 37.1. The maximum atomic E-state index is 13.9. The summed E-state index contributed by atoms with van der Waals surface area (Å²) in [5, 5.41) is 19.7. The minimum Gasteiger partial charge on any atom is -0.497 e. The van der Waals surface area contributed by atoms with Crippen LogP contribution in [0.15, 0.2) is 77.8 Å². The number of amidine groups is 1. The number of hydrogen-bond acceptors (Lipinski definition) is 7. The molecule has 3 aliphatic rings. The van der Waals surface area contributed by atoms with Crippen molar-refractivity contribution >= 4 is 46.6 Å². The van der Waals surface area contributed by atoms with Gasteiger partial charge in [-0.1, -0.05) is 30.3 Å². The van der Waals surface area contributed by atoms with Gasteiger partial charge in [-0.05, 0) is 79.4 Å². The summed E-state index contributed by atoms with van der Waals surface area (Å²) >= 11 is 0. The number of nitrogens with zero attached hydrogens (tertiary/aromatic N) is 4. The lowest BCUT2D eigenvalue weighted by atomic mass is 9.85. The number of rotatable bonds is 9. The van der Waals surface area contributed by atoms with Crippen LogP contribution in [0, 0.1) is 16.2 Å². The Hall–Kier alpha value is -5.29. The van der Waals surface area contributed by atoms with Crippen LogP contribution in [0.2, 0.25) is 0 Å². The maximum Gasteiger partial charge on any atom is 0.237 e. The molecule has 0 aliphatic carbocycles. The molecule has 2 fully saturated rings. The zero-order valence-corrected chi connectivity index (χ0v) is 27.5. The Morgan fingerprint density at radius 2 is 1.75 bits per heavy atom. The van der Waals surface area contributed by atoms with E-state index in [2.05, 4.69) is 21.3 Å². The number of likely N-dealkylation sites (tertiary alicyclic amines) is 1. The first kappa shape index (κ1) is 32.6. The average Bonchev–Trinajstić information content (AvgIpc) is 3.68. The Bertz CT molecular complexity index is 1780. The van der Waals surface area contributed by atoms with Crippen molar-refractivity contribution in [3.05, 3.63) is 95.1 Å². The van der Waals surface area contributed by atoms with Crippen molar-refractivity contribution in [2.45, 2.75) is 19.3 Å². The molecule has 48 heavy (non-hydrogen) atoms. The predicted molar refractivity (Wildman–Crippen MR) is 190 cm³/mol. The normalized spacial score (nSPS) is 19.6. The number of benzene rings is 3. The third-order valence-corrected chi connectivity index (χ3v) is 9.71. The monoisotopic (exact) mass is 646 g/mol. The fourth-order valence-electron chi connectivity index (χ4n) is 6.88. The number of nitrogens with one attached hydrogen (secondary N) is 3. The Morgan fingerprint density at radius 3 is 2.44 bits per heavy atom. The molecule has 11 heteroatoms. The molecule has 248 valence electrons. The van der Waals surface area contributed by atoms with Crippen molar-refractivity contribution in [3.8, 4) is 5.75 Å². The van der Waals surface area contributed by atoms with Gasteiger partial charge in [0.15, 0.2) is 5.84 Å². The van der Waals surface area contributed by atoms with Gasteiger partial charge in [-0.15, -0.1) is 0 Å². The lowest BCUT2D eigenvalue weighted by Crippen LogP contribution is -2.43. The summed E-state index contributed by atoms with van der Waals surface area (Å²) in [6.45, 7) is 3.35. The molecule has 3 aromatic rings. The van der Waals surface area contributed by atoms with Crippen LogP contribution in [-0.2, 0) is 9.59 Å². The van der Waals surface area contributed by atoms with E-state index in [1.165, 1.54) is 11.9 Å². The number of hydrogen-bond donors (Lipinski definition) is 4. The summed E-state index contributed by atoms with van der Waals surface area (Å²) in [6, 6.07) is 20.5. The van der Waals surface area contributed by atoms with Crippen LogP contribution in [-0.4, -0.2) is 92.9 Å². The second-order valence-electron chi connectivity index (χ2n) is 12.6. The molecule has 0 aromatic heterocycles. The molecule has 2 saturated heterocycles. The average molecular weight is 647 g/mol. The summed E-state index contributed by atoms with van der Waals surface area (Å²) in [7, 11) is 3.35. The highest BCUT2D eigenvalue weighted by atomic mass is 16.5. The Morgan fingerprint density at radius 1 is 1.02 bits per heavy atom. The topological polar surface area (TPSA) is 151 Å². The lowest BCUT2D eigenvalue weighted by molar-refractivity contribution is -0.132. The van der Waals surface area contributed by atoms with Crippen molar-refractivity contribution in [1.29, 1.82) is 10.8 Å². The molecule has 3 aliphatic heterocycles. The summed E-state index contributed by atoms with van der Waals surface area (Å²) < 4.78 is 5.24. The van der Waals surface area contributed by atoms with Gasteiger partial charge in [0, 0.05) is 61.3 Å². The van der Waals surface area contributed by atoms with Gasteiger partial charge in [-0.2, -0.15) is 0 Å². The number of carbonyl (C=O) groups is 2. The Kier molecular flexibility index (Phi) is 9.40. The van der Waals surface area contributed by atoms with Gasteiger partial charge in [-0.3, -0.25) is 25.3 Å². The number of ether oxygens (including phenoxy) is 1. The van der Waals surface area contributed by atoms with Crippen molar-refractivity contribution in [1.82, 2.24) is 15.1 Å². The van der Waals surface area contributed by atoms with Crippen molar-refractivity contribution in [2.24, 2.45) is 10.4 Å². The minimum absolute atomic E-state index is 0.0738. The molecule has 0 unspecified atom stereocenters. The molecule has 6 rings (SSSR count). The van der Waals surface area contributed by atoms with Gasteiger partial charge < -0.3 is 25.6 Å². The van der Waals surface area contributed by atoms with Crippen molar-refractivity contribution < 1.29 is 14.3 Å². The SMILES string of the molecule is CN/C=N\C(=N)c1ccc(C2=CCN(C(=O)CN3CC[C@]4(CCN(c5ccc(N)c(C(=N)c6ccc(OC)cc6)c5)C4=O)C3)CC2)cc1. The molecule has 2 amide bonds. The zero-order chi connectivity index (χ0) is 33.8. The van der Waals surface area contributed by atoms with Gasteiger partial charge in [0.2, 0.25) is 11.8 Å². The van der Waals surface area contributed by atoms with Crippen LogP contribution in [0.5, 0.6) is 5.75 Å².